The van der Waals surface area contributed by atoms with Gasteiger partial charge in [-0.1, -0.05) is 6.07 Å². The van der Waals surface area contributed by atoms with Crippen LogP contribution >= 0.6 is 0 Å². The molecule has 1 aliphatic rings. The van der Waals surface area contributed by atoms with Crippen LogP contribution in [0.15, 0.2) is 54.2 Å². The average Bonchev–Trinajstić information content (AvgIpc) is 2.98. The molecule has 1 fully saturated rings. The molecule has 1 aromatic heterocycles. The molecule has 1 saturated heterocycles. The van der Waals surface area contributed by atoms with Gasteiger partial charge in [-0.25, -0.2) is 4.98 Å². The van der Waals surface area contributed by atoms with E-state index in [0.717, 1.165) is 13.0 Å². The number of carbonyl (C=O) groups excluding carboxylic acids is 2. The van der Waals surface area contributed by atoms with Gasteiger partial charge in [0.05, 0.1) is 33.3 Å². The van der Waals surface area contributed by atoms with Gasteiger partial charge in [0.15, 0.2) is 6.20 Å². The number of amides is 1. The Morgan fingerprint density at radius 2 is 1.90 bits per heavy atom. The van der Waals surface area contributed by atoms with Gasteiger partial charge in [0.2, 0.25) is 5.69 Å². The summed E-state index contributed by atoms with van der Waals surface area (Å²) in [6.45, 7) is 1.30. The number of likely N-dealkylation sites (tertiary alicyclic amines) is 1. The molecule has 0 radical (unpaired) electrons. The van der Waals surface area contributed by atoms with Crippen LogP contribution in [0.4, 0.5) is 0 Å². The molecule has 29 heavy (non-hydrogen) atoms. The third-order valence-electron chi connectivity index (χ3n) is 5.01. The zero-order valence-corrected chi connectivity index (χ0v) is 16.9. The van der Waals surface area contributed by atoms with Crippen molar-refractivity contribution in [3.8, 4) is 5.75 Å². The summed E-state index contributed by atoms with van der Waals surface area (Å²) in [6.07, 6.45) is 2.49. The number of methoxy groups -OCH3 is 1. The van der Waals surface area contributed by atoms with Crippen molar-refractivity contribution in [1.29, 1.82) is 0 Å². The Bertz CT molecular complexity index is 907. The fourth-order valence-corrected chi connectivity index (χ4v) is 3.52. The van der Waals surface area contributed by atoms with Crippen molar-refractivity contribution >= 4 is 17.4 Å². The molecule has 7 nitrogen and oxygen atoms in total. The molecule has 3 rings (SSSR count). The largest absolute Gasteiger partial charge is 0.507 e. The summed E-state index contributed by atoms with van der Waals surface area (Å²) in [6, 6.07) is 11.6. The van der Waals surface area contributed by atoms with E-state index in [1.807, 2.05) is 32.3 Å². The SMILES string of the molecule is COc1ccc(C(O)=C2C(=O)C(=O)N(CCC[NH+](C)C)C2c2cccc[nH+]2)cc1. The number of quaternary nitrogens is 1. The lowest BCUT2D eigenvalue weighted by Crippen LogP contribution is -3.05. The number of hydrogen-bond acceptors (Lipinski definition) is 4. The normalized spacial score (nSPS) is 18.5. The number of pyridine rings is 1. The van der Waals surface area contributed by atoms with Gasteiger partial charge in [-0.3, -0.25) is 9.59 Å². The van der Waals surface area contributed by atoms with Crippen LogP contribution < -0.4 is 14.6 Å². The molecular weight excluding hydrogens is 370 g/mol. The van der Waals surface area contributed by atoms with E-state index >= 15 is 0 Å². The average molecular weight is 397 g/mol. The molecule has 3 N–H and O–H groups in total. The van der Waals surface area contributed by atoms with Gasteiger partial charge in [-0.2, -0.15) is 0 Å². The maximum Gasteiger partial charge on any atom is 0.295 e. The second-order valence-corrected chi connectivity index (χ2v) is 7.35. The Balaban J connectivity index is 2.05. The lowest BCUT2D eigenvalue weighted by atomic mass is 9.98. The van der Waals surface area contributed by atoms with Crippen molar-refractivity contribution in [3.63, 3.8) is 0 Å². The van der Waals surface area contributed by atoms with Crippen LogP contribution in [0.3, 0.4) is 0 Å². The standard InChI is InChI=1S/C22H25N3O4/c1-24(2)13-6-14-25-19(17-7-4-5-12-23-17)18(21(27)22(25)28)20(26)15-8-10-16(29-3)11-9-15/h4-5,7-12,19,26H,6,13-14H2,1-3H3/p+2. The van der Waals surface area contributed by atoms with E-state index in [4.69, 9.17) is 4.74 Å². The Morgan fingerprint density at radius 3 is 2.48 bits per heavy atom. The van der Waals surface area contributed by atoms with E-state index in [1.165, 1.54) is 4.90 Å². The number of Topliss-reactive ketones (excluding diaryl/α,β-unsaturated/α-hetero) is 1. The van der Waals surface area contributed by atoms with Crippen molar-refractivity contribution in [2.24, 2.45) is 0 Å². The van der Waals surface area contributed by atoms with E-state index in [-0.39, 0.29) is 11.3 Å². The van der Waals surface area contributed by atoms with Crippen molar-refractivity contribution < 1.29 is 29.3 Å². The first-order valence-electron chi connectivity index (χ1n) is 9.62. The molecule has 1 amide bonds. The van der Waals surface area contributed by atoms with Gasteiger partial charge >= 0.3 is 0 Å². The number of rotatable bonds is 7. The third kappa shape index (κ3) is 4.30. The number of hydrogen-bond donors (Lipinski definition) is 2. The zero-order valence-electron chi connectivity index (χ0n) is 16.9. The highest BCUT2D eigenvalue weighted by molar-refractivity contribution is 6.46. The minimum atomic E-state index is -0.669. The van der Waals surface area contributed by atoms with Crippen LogP contribution in [-0.2, 0) is 9.59 Å². The number of H-pyrrole nitrogens is 1. The number of ether oxygens (including phenoxy) is 1. The van der Waals surface area contributed by atoms with Crippen LogP contribution in [0.5, 0.6) is 5.75 Å². The van der Waals surface area contributed by atoms with Gasteiger partial charge in [0.25, 0.3) is 11.7 Å². The Kier molecular flexibility index (Phi) is 6.29. The molecule has 7 heteroatoms. The van der Waals surface area contributed by atoms with E-state index in [0.29, 0.717) is 23.6 Å². The lowest BCUT2D eigenvalue weighted by Gasteiger charge is -2.22. The second kappa shape index (κ2) is 8.87. The highest BCUT2D eigenvalue weighted by Gasteiger charge is 2.48. The predicted octanol–water partition coefficient (Wildman–Crippen LogP) is 0.466. The number of ketones is 1. The number of aliphatic hydroxyl groups is 1. The number of benzene rings is 1. The quantitative estimate of drug-likeness (QED) is 0.404. The summed E-state index contributed by atoms with van der Waals surface area (Å²) in [4.78, 5) is 31.6. The highest BCUT2D eigenvalue weighted by Crippen LogP contribution is 2.38. The van der Waals surface area contributed by atoms with E-state index in [1.54, 1.807) is 42.5 Å². The molecule has 0 saturated carbocycles. The molecule has 1 aromatic carbocycles. The summed E-state index contributed by atoms with van der Waals surface area (Å²) >= 11 is 0. The molecule has 0 bridgehead atoms. The first-order valence-corrected chi connectivity index (χ1v) is 9.62. The van der Waals surface area contributed by atoms with E-state index < -0.39 is 17.7 Å². The monoisotopic (exact) mass is 397 g/mol. The van der Waals surface area contributed by atoms with Gasteiger partial charge < -0.3 is 19.6 Å². The highest BCUT2D eigenvalue weighted by atomic mass is 16.5. The molecule has 1 atom stereocenters. The first kappa shape index (κ1) is 20.5. The topological polar surface area (TPSA) is 85.4 Å². The predicted molar refractivity (Wildman–Crippen MR) is 107 cm³/mol. The van der Waals surface area contributed by atoms with Gasteiger partial charge in [-0.15, -0.1) is 0 Å². The van der Waals surface area contributed by atoms with Gasteiger partial charge in [-0.05, 0) is 24.3 Å². The molecule has 0 aliphatic carbocycles. The smallest absolute Gasteiger partial charge is 0.295 e. The third-order valence-corrected chi connectivity index (χ3v) is 5.01. The summed E-state index contributed by atoms with van der Waals surface area (Å²) in [5.41, 5.74) is 1.24. The maximum absolute atomic E-state index is 12.9. The Morgan fingerprint density at radius 1 is 1.17 bits per heavy atom. The van der Waals surface area contributed by atoms with E-state index in [2.05, 4.69) is 4.98 Å². The molecular formula is C22H27N3O4+2. The summed E-state index contributed by atoms with van der Waals surface area (Å²) in [7, 11) is 5.64. The fraction of sp³-hybridized carbons (Fsp3) is 0.318. The zero-order chi connectivity index (χ0) is 21.0. The molecule has 2 aromatic rings. The van der Waals surface area contributed by atoms with Gasteiger partial charge in [0, 0.05) is 30.7 Å². The number of aliphatic hydroxyl groups excluding tert-OH is 1. The second-order valence-electron chi connectivity index (χ2n) is 7.35. The lowest BCUT2D eigenvalue weighted by molar-refractivity contribution is -0.858. The van der Waals surface area contributed by atoms with E-state index in [9.17, 15) is 14.7 Å². The van der Waals surface area contributed by atoms with Crippen LogP contribution in [0.25, 0.3) is 5.76 Å². The Hall–Kier alpha value is -3.19. The molecule has 0 spiro atoms. The minimum absolute atomic E-state index is 0.0971. The maximum atomic E-state index is 12.9. The number of nitrogens with one attached hydrogen (secondary N) is 2. The fourth-order valence-electron chi connectivity index (χ4n) is 3.52. The molecule has 152 valence electrons. The number of nitrogens with zero attached hydrogens (tertiary/aromatic N) is 1. The number of aromatic amines is 1. The summed E-state index contributed by atoms with van der Waals surface area (Å²) in [5, 5.41) is 11.0. The molecule has 1 aliphatic heterocycles. The van der Waals surface area contributed by atoms with Crippen molar-refractivity contribution in [1.82, 2.24) is 4.90 Å². The first-order chi connectivity index (χ1) is 13.9. The number of aromatic nitrogens is 1. The van der Waals surface area contributed by atoms with Crippen LogP contribution in [0.2, 0.25) is 0 Å². The van der Waals surface area contributed by atoms with Crippen LogP contribution in [0, 0.1) is 0 Å². The summed E-state index contributed by atoms with van der Waals surface area (Å²) < 4.78 is 5.15. The van der Waals surface area contributed by atoms with Gasteiger partial charge in [0.1, 0.15) is 17.6 Å². The molecule has 1 unspecified atom stereocenters. The van der Waals surface area contributed by atoms with Crippen LogP contribution in [0.1, 0.15) is 23.7 Å². The van der Waals surface area contributed by atoms with Crippen molar-refractivity contribution in [2.75, 3.05) is 34.3 Å². The number of carbonyl (C=O) groups is 2. The minimum Gasteiger partial charge on any atom is -0.507 e. The Labute approximate surface area is 170 Å². The summed E-state index contributed by atoms with van der Waals surface area (Å²) in [5.74, 6) is -0.802. The van der Waals surface area contributed by atoms with Crippen molar-refractivity contribution in [2.45, 2.75) is 12.5 Å². The van der Waals surface area contributed by atoms with Crippen LogP contribution in [-0.4, -0.2) is 56.0 Å². The van der Waals surface area contributed by atoms with Crippen molar-refractivity contribution in [3.05, 3.63) is 65.5 Å². The molecule has 2 heterocycles.